The standard InChI is InChI=1S/C72H128O6/c1-4-7-10-13-16-19-22-25-27-29-31-32-33-34-35-36-37-38-39-41-42-44-47-50-53-56-59-62-65-71(74)77-68-69(67-76-70(73)64-61-58-55-52-49-46-24-21-18-15-12-9-6-3)78-72(75)66-63-60-57-54-51-48-45-43-40-30-28-26-23-20-17-14-11-8-5-2/h8,11,17,20,26,28,40,43,48,51,57,60,69H,4-7,9-10,12-16,18-19,21-25,27,29-39,41-42,44-47,49-50,52-56,58-59,61-68H2,1-3H3/b11-8-,20-17-,28-26-,43-40-,51-48-,60-57-. The summed E-state index contributed by atoms with van der Waals surface area (Å²) in [5, 5.41) is 0. The monoisotopic (exact) mass is 1090 g/mol. The first kappa shape index (κ1) is 74.8. The van der Waals surface area contributed by atoms with E-state index < -0.39 is 6.10 Å². The molecule has 0 aliphatic carbocycles. The van der Waals surface area contributed by atoms with Crippen molar-refractivity contribution in [3.63, 3.8) is 0 Å². The molecule has 0 amide bonds. The SMILES string of the molecule is CC/C=C\C/C=C\C/C=C\C/C=C\C/C=C\C/C=C\CCC(=O)OC(COC(=O)CCCCCCCCCCCCCCC)COC(=O)CCCCCCCCCCCCCCCCCCCCCCCCCCCCCC. The van der Waals surface area contributed by atoms with E-state index in [9.17, 15) is 14.4 Å². The fourth-order valence-corrected chi connectivity index (χ4v) is 9.94. The Hall–Kier alpha value is -3.15. The molecule has 6 nitrogen and oxygen atoms in total. The zero-order valence-corrected chi connectivity index (χ0v) is 51.9. The van der Waals surface area contributed by atoms with Crippen molar-refractivity contribution >= 4 is 17.9 Å². The van der Waals surface area contributed by atoms with E-state index in [1.807, 2.05) is 6.08 Å². The van der Waals surface area contributed by atoms with Crippen LogP contribution < -0.4 is 0 Å². The van der Waals surface area contributed by atoms with Gasteiger partial charge in [-0.05, 0) is 57.8 Å². The highest BCUT2D eigenvalue weighted by molar-refractivity contribution is 5.71. The lowest BCUT2D eigenvalue weighted by atomic mass is 10.0. The molecule has 0 saturated carbocycles. The van der Waals surface area contributed by atoms with Gasteiger partial charge in [0.15, 0.2) is 6.10 Å². The van der Waals surface area contributed by atoms with Gasteiger partial charge in [0.05, 0.1) is 0 Å². The molecule has 0 spiro atoms. The molecule has 0 aliphatic rings. The van der Waals surface area contributed by atoms with Crippen molar-refractivity contribution < 1.29 is 28.6 Å². The first-order valence-corrected chi connectivity index (χ1v) is 33.9. The molecule has 0 aliphatic heterocycles. The number of hydrogen-bond acceptors (Lipinski definition) is 6. The number of carbonyl (C=O) groups excluding carboxylic acids is 3. The van der Waals surface area contributed by atoms with Crippen LogP contribution in [0.25, 0.3) is 0 Å². The van der Waals surface area contributed by atoms with E-state index in [0.29, 0.717) is 19.3 Å². The number of hydrogen-bond donors (Lipinski definition) is 0. The van der Waals surface area contributed by atoms with Crippen molar-refractivity contribution in [2.75, 3.05) is 13.2 Å². The van der Waals surface area contributed by atoms with Crippen LogP contribution in [0.15, 0.2) is 72.9 Å². The fourth-order valence-electron chi connectivity index (χ4n) is 9.94. The highest BCUT2D eigenvalue weighted by Crippen LogP contribution is 2.18. The molecular formula is C72H128O6. The lowest BCUT2D eigenvalue weighted by molar-refractivity contribution is -0.166. The number of unbranched alkanes of at least 4 members (excludes halogenated alkanes) is 39. The van der Waals surface area contributed by atoms with Crippen LogP contribution in [-0.4, -0.2) is 37.2 Å². The van der Waals surface area contributed by atoms with E-state index in [0.717, 1.165) is 77.0 Å². The number of rotatable bonds is 62. The molecule has 0 aromatic carbocycles. The van der Waals surface area contributed by atoms with E-state index in [2.05, 4.69) is 87.6 Å². The molecule has 0 aromatic rings. The summed E-state index contributed by atoms with van der Waals surface area (Å²) in [5.74, 6) is -0.967. The topological polar surface area (TPSA) is 78.9 Å². The molecule has 78 heavy (non-hydrogen) atoms. The van der Waals surface area contributed by atoms with Crippen LogP contribution in [-0.2, 0) is 28.6 Å². The van der Waals surface area contributed by atoms with E-state index in [-0.39, 0.29) is 37.5 Å². The highest BCUT2D eigenvalue weighted by atomic mass is 16.6. The van der Waals surface area contributed by atoms with Crippen LogP contribution in [0.3, 0.4) is 0 Å². The predicted octanol–water partition coefficient (Wildman–Crippen LogP) is 23.3. The minimum Gasteiger partial charge on any atom is -0.462 e. The molecule has 0 heterocycles. The van der Waals surface area contributed by atoms with Crippen LogP contribution in [0.5, 0.6) is 0 Å². The lowest BCUT2D eigenvalue weighted by Crippen LogP contribution is -2.30. The Bertz CT molecular complexity index is 1440. The molecule has 0 fully saturated rings. The predicted molar refractivity (Wildman–Crippen MR) is 339 cm³/mol. The van der Waals surface area contributed by atoms with Gasteiger partial charge < -0.3 is 14.2 Å². The van der Waals surface area contributed by atoms with Crippen LogP contribution in [0.1, 0.15) is 348 Å². The fraction of sp³-hybridized carbons (Fsp3) is 0.792. The average molecular weight is 1090 g/mol. The second kappa shape index (κ2) is 66.4. The maximum Gasteiger partial charge on any atom is 0.306 e. The lowest BCUT2D eigenvalue weighted by Gasteiger charge is -2.18. The van der Waals surface area contributed by atoms with Crippen molar-refractivity contribution in [1.82, 2.24) is 0 Å². The van der Waals surface area contributed by atoms with Crippen LogP contribution >= 0.6 is 0 Å². The van der Waals surface area contributed by atoms with Gasteiger partial charge in [-0.1, -0.05) is 344 Å². The number of allylic oxidation sites excluding steroid dienone is 12. The third-order valence-corrected chi connectivity index (χ3v) is 15.0. The van der Waals surface area contributed by atoms with Crippen LogP contribution in [0, 0.1) is 0 Å². The Balaban J connectivity index is 4.28. The molecule has 1 unspecified atom stereocenters. The van der Waals surface area contributed by atoms with E-state index >= 15 is 0 Å². The minimum absolute atomic E-state index is 0.101. The molecule has 452 valence electrons. The minimum atomic E-state index is -0.814. The van der Waals surface area contributed by atoms with Gasteiger partial charge in [-0.15, -0.1) is 0 Å². The highest BCUT2D eigenvalue weighted by Gasteiger charge is 2.19. The van der Waals surface area contributed by atoms with Gasteiger partial charge >= 0.3 is 17.9 Å². The molecule has 0 aromatic heterocycles. The molecule has 0 bridgehead atoms. The third-order valence-electron chi connectivity index (χ3n) is 15.0. The summed E-state index contributed by atoms with van der Waals surface area (Å²) in [6.45, 7) is 6.52. The van der Waals surface area contributed by atoms with Gasteiger partial charge in [-0.25, -0.2) is 0 Å². The van der Waals surface area contributed by atoms with Crippen LogP contribution in [0.4, 0.5) is 0 Å². The van der Waals surface area contributed by atoms with Gasteiger partial charge in [0, 0.05) is 19.3 Å². The van der Waals surface area contributed by atoms with Gasteiger partial charge in [-0.2, -0.15) is 0 Å². The summed E-state index contributed by atoms with van der Waals surface area (Å²) in [6.07, 6.45) is 86.6. The van der Waals surface area contributed by atoms with Gasteiger partial charge in [-0.3, -0.25) is 14.4 Å². The number of carbonyl (C=O) groups is 3. The molecule has 0 radical (unpaired) electrons. The van der Waals surface area contributed by atoms with Crippen LogP contribution in [0.2, 0.25) is 0 Å². The van der Waals surface area contributed by atoms with Crippen molar-refractivity contribution in [1.29, 1.82) is 0 Å². The Labute approximate surface area is 484 Å². The van der Waals surface area contributed by atoms with Crippen molar-refractivity contribution in [3.8, 4) is 0 Å². The second-order valence-corrected chi connectivity index (χ2v) is 22.7. The quantitative estimate of drug-likeness (QED) is 0.0261. The molecular weight excluding hydrogens is 961 g/mol. The molecule has 0 rings (SSSR count). The normalized spacial score (nSPS) is 12.5. The summed E-state index contributed by atoms with van der Waals surface area (Å²) < 4.78 is 16.9. The van der Waals surface area contributed by atoms with Crippen molar-refractivity contribution in [2.45, 2.75) is 354 Å². The van der Waals surface area contributed by atoms with Gasteiger partial charge in [0.2, 0.25) is 0 Å². The maximum atomic E-state index is 12.9. The first-order chi connectivity index (χ1) is 38.5. The van der Waals surface area contributed by atoms with Gasteiger partial charge in [0.25, 0.3) is 0 Å². The van der Waals surface area contributed by atoms with Crippen molar-refractivity contribution in [2.24, 2.45) is 0 Å². The zero-order chi connectivity index (χ0) is 56.4. The maximum absolute atomic E-state index is 12.9. The second-order valence-electron chi connectivity index (χ2n) is 22.7. The third kappa shape index (κ3) is 63.7. The summed E-state index contributed by atoms with van der Waals surface area (Å²) in [5.41, 5.74) is 0. The largest absolute Gasteiger partial charge is 0.462 e. The first-order valence-electron chi connectivity index (χ1n) is 33.9. The molecule has 0 saturated heterocycles. The summed E-state index contributed by atoms with van der Waals surface area (Å²) in [4.78, 5) is 38.3. The van der Waals surface area contributed by atoms with E-state index in [1.54, 1.807) is 0 Å². The average Bonchev–Trinajstić information content (AvgIpc) is 3.44. The number of ether oxygens (including phenoxy) is 3. The van der Waals surface area contributed by atoms with E-state index in [1.165, 1.54) is 225 Å². The zero-order valence-electron chi connectivity index (χ0n) is 51.9. The smallest absolute Gasteiger partial charge is 0.306 e. The van der Waals surface area contributed by atoms with E-state index in [4.69, 9.17) is 14.2 Å². The van der Waals surface area contributed by atoms with Gasteiger partial charge in [0.1, 0.15) is 13.2 Å². The number of esters is 3. The summed E-state index contributed by atoms with van der Waals surface area (Å²) >= 11 is 0. The molecule has 6 heteroatoms. The summed E-state index contributed by atoms with van der Waals surface area (Å²) in [7, 11) is 0. The Kier molecular flexibility index (Phi) is 63.7. The molecule has 0 N–H and O–H groups in total. The Morgan fingerprint density at radius 1 is 0.269 bits per heavy atom. The Morgan fingerprint density at radius 3 is 0.756 bits per heavy atom. The summed E-state index contributed by atoms with van der Waals surface area (Å²) in [6, 6.07) is 0. The molecule has 1 atom stereocenters. The Morgan fingerprint density at radius 2 is 0.500 bits per heavy atom. The van der Waals surface area contributed by atoms with Crippen molar-refractivity contribution in [3.05, 3.63) is 72.9 Å².